The van der Waals surface area contributed by atoms with Crippen LogP contribution in [0.5, 0.6) is 0 Å². The third-order valence-electron chi connectivity index (χ3n) is 3.26. The Balaban J connectivity index is 1.71. The molecule has 1 unspecified atom stereocenters. The van der Waals surface area contributed by atoms with E-state index in [-0.39, 0.29) is 5.54 Å². The summed E-state index contributed by atoms with van der Waals surface area (Å²) in [6, 6.07) is 0. The van der Waals surface area contributed by atoms with Gasteiger partial charge in [0.25, 0.3) is 0 Å². The van der Waals surface area contributed by atoms with Crippen LogP contribution < -0.4 is 5.73 Å². The van der Waals surface area contributed by atoms with Crippen molar-refractivity contribution in [3.8, 4) is 0 Å². The lowest BCUT2D eigenvalue weighted by Gasteiger charge is -2.24. The first-order chi connectivity index (χ1) is 6.29. The monoisotopic (exact) mass is 184 g/mol. The molecule has 0 aromatic heterocycles. The van der Waals surface area contributed by atoms with Crippen molar-refractivity contribution in [1.29, 1.82) is 0 Å². The van der Waals surface area contributed by atoms with Gasteiger partial charge in [0.05, 0.1) is 6.61 Å². The molecule has 2 aliphatic heterocycles. The number of likely N-dealkylation sites (tertiary alicyclic amines) is 1. The average molecular weight is 184 g/mol. The van der Waals surface area contributed by atoms with Gasteiger partial charge in [-0.1, -0.05) is 0 Å². The van der Waals surface area contributed by atoms with E-state index in [1.54, 1.807) is 0 Å². The van der Waals surface area contributed by atoms with Gasteiger partial charge in [0, 0.05) is 12.1 Å². The average Bonchev–Trinajstić information content (AvgIpc) is 2.72. The summed E-state index contributed by atoms with van der Waals surface area (Å²) in [4.78, 5) is 2.52. The zero-order chi connectivity index (χ0) is 9.15. The summed E-state index contributed by atoms with van der Waals surface area (Å²) >= 11 is 0. The lowest BCUT2D eigenvalue weighted by atomic mass is 9.96. The van der Waals surface area contributed by atoms with Gasteiger partial charge in [-0.15, -0.1) is 0 Å². The number of rotatable bonds is 3. The summed E-state index contributed by atoms with van der Waals surface area (Å²) in [5.41, 5.74) is 6.17. The van der Waals surface area contributed by atoms with Crippen LogP contribution >= 0.6 is 0 Å². The van der Waals surface area contributed by atoms with Crippen molar-refractivity contribution >= 4 is 0 Å². The lowest BCUT2D eigenvalue weighted by molar-refractivity contribution is 0.170. The molecular formula is C10H20N2O. The Morgan fingerprint density at radius 1 is 1.31 bits per heavy atom. The summed E-state index contributed by atoms with van der Waals surface area (Å²) < 4.78 is 5.33. The number of nitrogens with two attached hydrogens (primary N) is 1. The van der Waals surface area contributed by atoms with Gasteiger partial charge in [0.15, 0.2) is 0 Å². The first-order valence-corrected chi connectivity index (χ1v) is 5.38. The highest BCUT2D eigenvalue weighted by molar-refractivity contribution is 4.89. The standard InChI is InChI=1S/C10H20N2O/c11-10(4-8-13-9-10)3-7-12-5-1-2-6-12/h1-9,11H2. The molecule has 2 heterocycles. The number of ether oxygens (including phenoxy) is 1. The van der Waals surface area contributed by atoms with Crippen molar-refractivity contribution in [3.05, 3.63) is 0 Å². The molecule has 0 aliphatic carbocycles. The molecule has 3 heteroatoms. The maximum atomic E-state index is 6.19. The van der Waals surface area contributed by atoms with E-state index in [1.807, 2.05) is 0 Å². The van der Waals surface area contributed by atoms with E-state index in [2.05, 4.69) is 4.90 Å². The van der Waals surface area contributed by atoms with Crippen LogP contribution in [0.15, 0.2) is 0 Å². The van der Waals surface area contributed by atoms with Crippen LogP contribution in [0.1, 0.15) is 25.7 Å². The Hall–Kier alpha value is -0.120. The minimum Gasteiger partial charge on any atom is -0.379 e. The summed E-state index contributed by atoms with van der Waals surface area (Å²) in [5, 5.41) is 0. The number of hydrogen-bond donors (Lipinski definition) is 1. The Bertz CT molecular complexity index is 160. The second-order valence-corrected chi connectivity index (χ2v) is 4.46. The summed E-state index contributed by atoms with van der Waals surface area (Å²) in [6.07, 6.45) is 4.88. The zero-order valence-corrected chi connectivity index (χ0v) is 8.30. The molecule has 0 bridgehead atoms. The highest BCUT2D eigenvalue weighted by Gasteiger charge is 2.30. The van der Waals surface area contributed by atoms with E-state index in [0.29, 0.717) is 0 Å². The largest absolute Gasteiger partial charge is 0.379 e. The fourth-order valence-electron chi connectivity index (χ4n) is 2.21. The van der Waals surface area contributed by atoms with E-state index in [0.717, 1.165) is 26.1 Å². The first kappa shape index (κ1) is 9.44. The van der Waals surface area contributed by atoms with Gasteiger partial charge in [-0.05, 0) is 45.3 Å². The van der Waals surface area contributed by atoms with Crippen LogP contribution in [-0.4, -0.2) is 43.3 Å². The molecule has 2 rings (SSSR count). The summed E-state index contributed by atoms with van der Waals surface area (Å²) in [7, 11) is 0. The van der Waals surface area contributed by atoms with Crippen LogP contribution in [0.4, 0.5) is 0 Å². The highest BCUT2D eigenvalue weighted by atomic mass is 16.5. The zero-order valence-electron chi connectivity index (χ0n) is 8.30. The molecular weight excluding hydrogens is 164 g/mol. The Labute approximate surface area is 80.2 Å². The van der Waals surface area contributed by atoms with Gasteiger partial charge in [0.1, 0.15) is 0 Å². The topological polar surface area (TPSA) is 38.5 Å². The Kier molecular flexibility index (Phi) is 2.86. The van der Waals surface area contributed by atoms with Crippen LogP contribution in [-0.2, 0) is 4.74 Å². The summed E-state index contributed by atoms with van der Waals surface area (Å²) in [6.45, 7) is 5.34. The fraction of sp³-hybridized carbons (Fsp3) is 1.00. The first-order valence-electron chi connectivity index (χ1n) is 5.38. The molecule has 0 radical (unpaired) electrons. The van der Waals surface area contributed by atoms with Crippen molar-refractivity contribution in [2.24, 2.45) is 5.73 Å². The lowest BCUT2D eigenvalue weighted by Crippen LogP contribution is -2.43. The third-order valence-corrected chi connectivity index (χ3v) is 3.26. The molecule has 3 nitrogen and oxygen atoms in total. The Morgan fingerprint density at radius 3 is 2.69 bits per heavy atom. The molecule has 13 heavy (non-hydrogen) atoms. The Morgan fingerprint density at radius 2 is 2.08 bits per heavy atom. The van der Waals surface area contributed by atoms with Gasteiger partial charge < -0.3 is 15.4 Å². The van der Waals surface area contributed by atoms with E-state index in [4.69, 9.17) is 10.5 Å². The van der Waals surface area contributed by atoms with Gasteiger partial charge >= 0.3 is 0 Å². The smallest absolute Gasteiger partial charge is 0.0647 e. The second kappa shape index (κ2) is 3.95. The predicted octanol–water partition coefficient (Wildman–Crippen LogP) is 0.590. The van der Waals surface area contributed by atoms with Gasteiger partial charge in [-0.2, -0.15) is 0 Å². The third kappa shape index (κ3) is 2.42. The molecule has 0 spiro atoms. The quantitative estimate of drug-likeness (QED) is 0.697. The molecule has 2 N–H and O–H groups in total. The number of hydrogen-bond acceptors (Lipinski definition) is 3. The van der Waals surface area contributed by atoms with Crippen LogP contribution in [0, 0.1) is 0 Å². The maximum Gasteiger partial charge on any atom is 0.0647 e. The predicted molar refractivity (Wildman–Crippen MR) is 52.6 cm³/mol. The molecule has 2 aliphatic rings. The van der Waals surface area contributed by atoms with Gasteiger partial charge in [0.2, 0.25) is 0 Å². The number of nitrogens with zero attached hydrogens (tertiary/aromatic N) is 1. The molecule has 0 aromatic rings. The molecule has 1 atom stereocenters. The van der Waals surface area contributed by atoms with Crippen LogP contribution in [0.25, 0.3) is 0 Å². The van der Waals surface area contributed by atoms with Crippen molar-refractivity contribution in [2.75, 3.05) is 32.8 Å². The summed E-state index contributed by atoms with van der Waals surface area (Å²) in [5.74, 6) is 0. The van der Waals surface area contributed by atoms with Crippen molar-refractivity contribution in [1.82, 2.24) is 4.90 Å². The van der Waals surface area contributed by atoms with Crippen molar-refractivity contribution in [3.63, 3.8) is 0 Å². The van der Waals surface area contributed by atoms with Crippen molar-refractivity contribution in [2.45, 2.75) is 31.2 Å². The van der Waals surface area contributed by atoms with E-state index >= 15 is 0 Å². The van der Waals surface area contributed by atoms with Gasteiger partial charge in [-0.25, -0.2) is 0 Å². The normalized spacial score (nSPS) is 35.8. The van der Waals surface area contributed by atoms with E-state index in [9.17, 15) is 0 Å². The molecule has 76 valence electrons. The molecule has 0 aromatic carbocycles. The fourth-order valence-corrected chi connectivity index (χ4v) is 2.21. The minimum atomic E-state index is -0.0113. The molecule has 2 fully saturated rings. The maximum absolute atomic E-state index is 6.19. The van der Waals surface area contributed by atoms with E-state index in [1.165, 1.54) is 32.5 Å². The molecule has 2 saturated heterocycles. The van der Waals surface area contributed by atoms with Gasteiger partial charge in [-0.3, -0.25) is 0 Å². The minimum absolute atomic E-state index is 0.0113. The van der Waals surface area contributed by atoms with E-state index < -0.39 is 0 Å². The van der Waals surface area contributed by atoms with Crippen molar-refractivity contribution < 1.29 is 4.74 Å². The van der Waals surface area contributed by atoms with Crippen LogP contribution in [0.2, 0.25) is 0 Å². The second-order valence-electron chi connectivity index (χ2n) is 4.46. The molecule has 0 amide bonds. The molecule has 0 saturated carbocycles. The van der Waals surface area contributed by atoms with Crippen LogP contribution in [0.3, 0.4) is 0 Å². The highest BCUT2D eigenvalue weighted by Crippen LogP contribution is 2.20. The SMILES string of the molecule is NC1(CCN2CCCC2)CCOC1.